The summed E-state index contributed by atoms with van der Waals surface area (Å²) in [5.74, 6) is 1.95. The Morgan fingerprint density at radius 3 is 2.57 bits per heavy atom. The topological polar surface area (TPSA) is 56.7 Å². The van der Waals surface area contributed by atoms with Gasteiger partial charge in [0.05, 0.1) is 0 Å². The van der Waals surface area contributed by atoms with E-state index in [-0.39, 0.29) is 35.8 Å². The minimum atomic E-state index is 0. The molecule has 23 heavy (non-hydrogen) atoms. The van der Waals surface area contributed by atoms with Gasteiger partial charge in [-0.2, -0.15) is 0 Å². The highest BCUT2D eigenvalue weighted by atomic mass is 127. The van der Waals surface area contributed by atoms with Gasteiger partial charge < -0.3 is 15.5 Å². The van der Waals surface area contributed by atoms with Crippen molar-refractivity contribution in [3.63, 3.8) is 0 Å². The van der Waals surface area contributed by atoms with E-state index in [9.17, 15) is 4.79 Å². The first-order valence-corrected chi connectivity index (χ1v) is 8.77. The molecule has 1 aliphatic rings. The van der Waals surface area contributed by atoms with Crippen LogP contribution in [0.1, 0.15) is 53.9 Å². The lowest BCUT2D eigenvalue weighted by Crippen LogP contribution is -2.45. The molecule has 1 fully saturated rings. The predicted molar refractivity (Wildman–Crippen MR) is 108 cm³/mol. The summed E-state index contributed by atoms with van der Waals surface area (Å²) in [6.45, 7) is 13.8. The lowest BCUT2D eigenvalue weighted by Gasteiger charge is -2.20. The Hall–Kier alpha value is -0.530. The first-order chi connectivity index (χ1) is 10.4. The molecule has 2 N–H and O–H groups in total. The second-order valence-corrected chi connectivity index (χ2v) is 6.87. The molecule has 6 heteroatoms. The lowest BCUT2D eigenvalue weighted by atomic mass is 10.1. The molecule has 5 nitrogen and oxygen atoms in total. The number of aliphatic imine (C=N–C) groups is 1. The Labute approximate surface area is 159 Å². The summed E-state index contributed by atoms with van der Waals surface area (Å²) in [5.41, 5.74) is 0. The van der Waals surface area contributed by atoms with Gasteiger partial charge in [0, 0.05) is 38.1 Å². The average Bonchev–Trinajstić information content (AvgIpc) is 2.91. The number of carbonyl (C=O) groups is 1. The third kappa shape index (κ3) is 8.77. The van der Waals surface area contributed by atoms with Crippen molar-refractivity contribution in [1.29, 1.82) is 0 Å². The molecule has 0 aromatic carbocycles. The number of hydrogen-bond acceptors (Lipinski definition) is 2. The molecule has 0 radical (unpaired) electrons. The van der Waals surface area contributed by atoms with Crippen molar-refractivity contribution in [2.45, 2.75) is 59.9 Å². The summed E-state index contributed by atoms with van der Waals surface area (Å²) in [7, 11) is 0. The molecule has 0 aromatic heterocycles. The summed E-state index contributed by atoms with van der Waals surface area (Å²) in [5, 5.41) is 6.77. The number of guanidine groups is 1. The van der Waals surface area contributed by atoms with Gasteiger partial charge in [0.2, 0.25) is 5.91 Å². The van der Waals surface area contributed by atoms with Gasteiger partial charge in [-0.3, -0.25) is 9.79 Å². The molecule has 1 unspecified atom stereocenters. The summed E-state index contributed by atoms with van der Waals surface area (Å²) in [6.07, 6.45) is 3.33. The quantitative estimate of drug-likeness (QED) is 0.278. The highest BCUT2D eigenvalue weighted by Gasteiger charge is 2.27. The van der Waals surface area contributed by atoms with E-state index in [1.807, 2.05) is 18.7 Å². The second-order valence-electron chi connectivity index (χ2n) is 6.87. The SMILES string of the molecule is CCNC(=NCCCC(C)C)NC1CCN(C(=O)C(C)C)C1.I. The van der Waals surface area contributed by atoms with E-state index in [1.54, 1.807) is 0 Å². The first-order valence-electron chi connectivity index (χ1n) is 8.77. The minimum absolute atomic E-state index is 0. The molecular formula is C17H35IN4O. The maximum absolute atomic E-state index is 12.0. The van der Waals surface area contributed by atoms with Gasteiger partial charge in [-0.05, 0) is 32.1 Å². The Morgan fingerprint density at radius 2 is 2.00 bits per heavy atom. The first kappa shape index (κ1) is 22.5. The van der Waals surface area contributed by atoms with E-state index < -0.39 is 0 Å². The molecule has 1 aliphatic heterocycles. The number of rotatable bonds is 7. The normalized spacial score (nSPS) is 18.3. The predicted octanol–water partition coefficient (Wildman–Crippen LogP) is 2.85. The second kappa shape index (κ2) is 11.9. The summed E-state index contributed by atoms with van der Waals surface area (Å²) >= 11 is 0. The van der Waals surface area contributed by atoms with Crippen LogP contribution in [0.25, 0.3) is 0 Å². The van der Waals surface area contributed by atoms with E-state index in [0.29, 0.717) is 6.04 Å². The molecule has 1 saturated heterocycles. The number of nitrogens with zero attached hydrogens (tertiary/aromatic N) is 2. The monoisotopic (exact) mass is 438 g/mol. The van der Waals surface area contributed by atoms with Crippen LogP contribution in [0.2, 0.25) is 0 Å². The van der Waals surface area contributed by atoms with Crippen LogP contribution in [0.3, 0.4) is 0 Å². The summed E-state index contributed by atoms with van der Waals surface area (Å²) < 4.78 is 0. The smallest absolute Gasteiger partial charge is 0.225 e. The molecule has 1 rings (SSSR count). The van der Waals surface area contributed by atoms with E-state index in [4.69, 9.17) is 0 Å². The van der Waals surface area contributed by atoms with Crippen LogP contribution in [0.15, 0.2) is 4.99 Å². The molecule has 0 spiro atoms. The average molecular weight is 438 g/mol. The maximum atomic E-state index is 12.0. The Kier molecular flexibility index (Phi) is 11.6. The number of nitrogens with one attached hydrogen (secondary N) is 2. The van der Waals surface area contributed by atoms with Gasteiger partial charge in [0.1, 0.15) is 0 Å². The van der Waals surface area contributed by atoms with Gasteiger partial charge in [-0.15, -0.1) is 24.0 Å². The molecule has 0 aliphatic carbocycles. The number of halogens is 1. The Bertz CT molecular complexity index is 372. The zero-order chi connectivity index (χ0) is 16.5. The van der Waals surface area contributed by atoms with Crippen molar-refractivity contribution in [2.24, 2.45) is 16.8 Å². The van der Waals surface area contributed by atoms with Gasteiger partial charge in [-0.1, -0.05) is 27.7 Å². The largest absolute Gasteiger partial charge is 0.357 e. The number of amides is 1. The van der Waals surface area contributed by atoms with Crippen molar-refractivity contribution in [2.75, 3.05) is 26.2 Å². The number of likely N-dealkylation sites (tertiary alicyclic amines) is 1. The molecule has 1 amide bonds. The van der Waals surface area contributed by atoms with Crippen LogP contribution >= 0.6 is 24.0 Å². The zero-order valence-corrected chi connectivity index (χ0v) is 17.7. The third-order valence-electron chi connectivity index (χ3n) is 3.89. The minimum Gasteiger partial charge on any atom is -0.357 e. The fraction of sp³-hybridized carbons (Fsp3) is 0.882. The third-order valence-corrected chi connectivity index (χ3v) is 3.89. The molecule has 0 aromatic rings. The fourth-order valence-corrected chi connectivity index (χ4v) is 2.65. The van der Waals surface area contributed by atoms with Crippen LogP contribution in [0.5, 0.6) is 0 Å². The van der Waals surface area contributed by atoms with Crippen molar-refractivity contribution < 1.29 is 4.79 Å². The fourth-order valence-electron chi connectivity index (χ4n) is 2.65. The van der Waals surface area contributed by atoms with Gasteiger partial charge in [0.25, 0.3) is 0 Å². The van der Waals surface area contributed by atoms with Crippen molar-refractivity contribution >= 4 is 35.8 Å². The lowest BCUT2D eigenvalue weighted by molar-refractivity contribution is -0.133. The van der Waals surface area contributed by atoms with Crippen LogP contribution in [0, 0.1) is 11.8 Å². The highest BCUT2D eigenvalue weighted by molar-refractivity contribution is 14.0. The van der Waals surface area contributed by atoms with Crippen LogP contribution in [0.4, 0.5) is 0 Å². The molecular weight excluding hydrogens is 403 g/mol. The Balaban J connectivity index is 0.00000484. The van der Waals surface area contributed by atoms with Crippen LogP contribution < -0.4 is 10.6 Å². The van der Waals surface area contributed by atoms with Gasteiger partial charge in [-0.25, -0.2) is 0 Å². The molecule has 136 valence electrons. The molecule has 0 bridgehead atoms. The van der Waals surface area contributed by atoms with Gasteiger partial charge in [0.15, 0.2) is 5.96 Å². The summed E-state index contributed by atoms with van der Waals surface area (Å²) in [4.78, 5) is 18.6. The highest BCUT2D eigenvalue weighted by Crippen LogP contribution is 2.12. The van der Waals surface area contributed by atoms with Crippen LogP contribution in [-0.4, -0.2) is 49.0 Å². The number of hydrogen-bond donors (Lipinski definition) is 2. The van der Waals surface area contributed by atoms with Crippen molar-refractivity contribution in [3.8, 4) is 0 Å². The molecule has 1 atom stereocenters. The van der Waals surface area contributed by atoms with Crippen molar-refractivity contribution in [3.05, 3.63) is 0 Å². The number of carbonyl (C=O) groups excluding carboxylic acids is 1. The van der Waals surface area contributed by atoms with Gasteiger partial charge >= 0.3 is 0 Å². The molecule has 0 saturated carbocycles. The van der Waals surface area contributed by atoms with E-state index in [0.717, 1.165) is 50.9 Å². The Morgan fingerprint density at radius 1 is 1.30 bits per heavy atom. The van der Waals surface area contributed by atoms with E-state index in [2.05, 4.69) is 36.4 Å². The summed E-state index contributed by atoms with van der Waals surface area (Å²) in [6, 6.07) is 0.311. The standard InChI is InChI=1S/C17H34N4O.HI/c1-6-18-17(19-10-7-8-13(2)3)20-15-9-11-21(12-15)16(22)14(4)5;/h13-15H,6-12H2,1-5H3,(H2,18,19,20);1H. The molecule has 1 heterocycles. The van der Waals surface area contributed by atoms with Crippen molar-refractivity contribution in [1.82, 2.24) is 15.5 Å². The van der Waals surface area contributed by atoms with Crippen LogP contribution in [-0.2, 0) is 4.79 Å². The maximum Gasteiger partial charge on any atom is 0.225 e. The van der Waals surface area contributed by atoms with E-state index in [1.165, 1.54) is 6.42 Å². The zero-order valence-electron chi connectivity index (χ0n) is 15.4. The van der Waals surface area contributed by atoms with E-state index >= 15 is 0 Å².